The Balaban J connectivity index is 1.95. The van der Waals surface area contributed by atoms with Crippen molar-refractivity contribution in [1.82, 2.24) is 9.97 Å². The zero-order valence-electron chi connectivity index (χ0n) is 12.1. The van der Waals surface area contributed by atoms with Gasteiger partial charge in [0.1, 0.15) is 5.82 Å². The molecule has 1 aliphatic heterocycles. The maximum absolute atomic E-state index is 13.1. The minimum absolute atomic E-state index is 0.0253. The van der Waals surface area contributed by atoms with E-state index in [1.54, 1.807) is 18.3 Å². The zero-order valence-corrected chi connectivity index (χ0v) is 12.1. The molecule has 2 atom stereocenters. The summed E-state index contributed by atoms with van der Waals surface area (Å²) >= 11 is 0. The maximum atomic E-state index is 13.1. The highest BCUT2D eigenvalue weighted by Gasteiger charge is 2.33. The van der Waals surface area contributed by atoms with Crippen molar-refractivity contribution in [2.24, 2.45) is 0 Å². The van der Waals surface area contributed by atoms with E-state index in [2.05, 4.69) is 9.97 Å². The second-order valence-electron chi connectivity index (χ2n) is 5.55. The first kappa shape index (κ1) is 13.9. The molecule has 0 unspecified atom stereocenters. The van der Waals surface area contributed by atoms with Gasteiger partial charge < -0.3 is 10.0 Å². The number of hydrogen-bond donors (Lipinski definition) is 1. The monoisotopic (exact) mass is 287 g/mol. The molecule has 2 aromatic rings. The van der Waals surface area contributed by atoms with E-state index in [0.29, 0.717) is 18.9 Å². The molecule has 3 rings (SSSR count). The minimum Gasteiger partial charge on any atom is -0.391 e. The molecular weight excluding hydrogens is 269 g/mol. The van der Waals surface area contributed by atoms with Gasteiger partial charge in [0.25, 0.3) is 0 Å². The third-order valence-electron chi connectivity index (χ3n) is 4.00. The summed E-state index contributed by atoms with van der Waals surface area (Å²) in [5.74, 6) is 0.357. The second kappa shape index (κ2) is 5.41. The first-order chi connectivity index (χ1) is 10.0. The number of halogens is 1. The maximum Gasteiger partial charge on any atom is 0.226 e. The molecule has 5 heteroatoms. The van der Waals surface area contributed by atoms with Crippen molar-refractivity contribution < 1.29 is 9.50 Å². The lowest BCUT2D eigenvalue weighted by atomic mass is 10.0. The van der Waals surface area contributed by atoms with E-state index in [1.807, 2.05) is 18.7 Å². The topological polar surface area (TPSA) is 49.2 Å². The first-order valence-electron chi connectivity index (χ1n) is 7.05. The van der Waals surface area contributed by atoms with Crippen LogP contribution in [-0.2, 0) is 0 Å². The Hall–Kier alpha value is -2.01. The molecule has 0 amide bonds. The summed E-state index contributed by atoms with van der Waals surface area (Å²) in [4.78, 5) is 10.9. The van der Waals surface area contributed by atoms with Gasteiger partial charge in [0.2, 0.25) is 5.95 Å². The Kier molecular flexibility index (Phi) is 3.59. The number of aliphatic hydroxyl groups excluding tert-OH is 1. The van der Waals surface area contributed by atoms with Gasteiger partial charge in [0, 0.05) is 18.4 Å². The van der Waals surface area contributed by atoms with E-state index in [9.17, 15) is 9.50 Å². The van der Waals surface area contributed by atoms with E-state index < -0.39 is 6.10 Å². The molecule has 0 bridgehead atoms. The Labute approximate surface area is 123 Å². The van der Waals surface area contributed by atoms with Crippen LogP contribution in [0, 0.1) is 19.7 Å². The lowest BCUT2D eigenvalue weighted by Gasteiger charge is -2.25. The Morgan fingerprint density at radius 1 is 1.24 bits per heavy atom. The number of hydrogen-bond acceptors (Lipinski definition) is 4. The number of anilines is 1. The third kappa shape index (κ3) is 2.74. The van der Waals surface area contributed by atoms with E-state index in [0.717, 1.165) is 16.8 Å². The first-order valence-corrected chi connectivity index (χ1v) is 7.05. The summed E-state index contributed by atoms with van der Waals surface area (Å²) in [6.45, 7) is 4.40. The van der Waals surface area contributed by atoms with Crippen LogP contribution >= 0.6 is 0 Å². The van der Waals surface area contributed by atoms with Crippen LogP contribution in [0.4, 0.5) is 10.3 Å². The van der Waals surface area contributed by atoms with Gasteiger partial charge in [-0.25, -0.2) is 14.4 Å². The molecule has 1 aromatic heterocycles. The largest absolute Gasteiger partial charge is 0.391 e. The average Bonchev–Trinajstić information content (AvgIpc) is 2.85. The summed E-state index contributed by atoms with van der Waals surface area (Å²) in [5, 5.41) is 10.00. The van der Waals surface area contributed by atoms with E-state index in [4.69, 9.17) is 0 Å². The number of β-amino-alcohol motifs (C(OH)–C–C–N with tert-alkyl or cyclic N) is 1. The van der Waals surface area contributed by atoms with Gasteiger partial charge in [-0.05, 0) is 43.5 Å². The molecule has 1 N–H and O–H groups in total. The predicted octanol–water partition coefficient (Wildman–Crippen LogP) is 2.54. The summed E-state index contributed by atoms with van der Waals surface area (Å²) in [6, 6.07) is 6.37. The SMILES string of the molecule is Cc1cnc(N2C[C@H](O)C[C@H]2c2ccc(F)cc2)nc1C. The van der Waals surface area contributed by atoms with Crippen molar-refractivity contribution in [2.75, 3.05) is 11.4 Å². The van der Waals surface area contributed by atoms with Crippen LogP contribution in [0.2, 0.25) is 0 Å². The molecule has 0 radical (unpaired) electrons. The van der Waals surface area contributed by atoms with E-state index in [-0.39, 0.29) is 11.9 Å². The van der Waals surface area contributed by atoms with Crippen LogP contribution in [-0.4, -0.2) is 27.7 Å². The van der Waals surface area contributed by atoms with Crippen molar-refractivity contribution >= 4 is 5.95 Å². The van der Waals surface area contributed by atoms with Crippen molar-refractivity contribution in [2.45, 2.75) is 32.4 Å². The van der Waals surface area contributed by atoms with Crippen molar-refractivity contribution in [3.8, 4) is 0 Å². The Morgan fingerprint density at radius 3 is 2.62 bits per heavy atom. The Bertz CT molecular complexity index is 644. The van der Waals surface area contributed by atoms with Crippen molar-refractivity contribution in [3.05, 3.63) is 53.1 Å². The van der Waals surface area contributed by atoms with Gasteiger partial charge in [-0.2, -0.15) is 0 Å². The molecule has 4 nitrogen and oxygen atoms in total. The predicted molar refractivity (Wildman–Crippen MR) is 78.6 cm³/mol. The van der Waals surface area contributed by atoms with Gasteiger partial charge >= 0.3 is 0 Å². The normalized spacial score (nSPS) is 21.8. The number of aryl methyl sites for hydroxylation is 2. The number of aromatic nitrogens is 2. The molecule has 0 saturated carbocycles. The smallest absolute Gasteiger partial charge is 0.226 e. The molecule has 21 heavy (non-hydrogen) atoms. The summed E-state index contributed by atoms with van der Waals surface area (Å²) in [6.07, 6.45) is 1.97. The van der Waals surface area contributed by atoms with E-state index in [1.165, 1.54) is 12.1 Å². The molecule has 110 valence electrons. The molecule has 1 aromatic carbocycles. The standard InChI is InChI=1S/C16H18FN3O/c1-10-8-18-16(19-11(10)2)20-9-14(21)7-15(20)12-3-5-13(17)6-4-12/h3-6,8,14-15,21H,7,9H2,1-2H3/t14-,15+/m1/s1. The summed E-state index contributed by atoms with van der Waals surface area (Å²) in [7, 11) is 0. The third-order valence-corrected chi connectivity index (χ3v) is 4.00. The van der Waals surface area contributed by atoms with Crippen LogP contribution in [0.15, 0.2) is 30.5 Å². The van der Waals surface area contributed by atoms with Crippen molar-refractivity contribution in [3.63, 3.8) is 0 Å². The molecule has 1 saturated heterocycles. The highest BCUT2D eigenvalue weighted by Crippen LogP contribution is 2.34. The van der Waals surface area contributed by atoms with E-state index >= 15 is 0 Å². The van der Waals surface area contributed by atoms with Gasteiger partial charge in [0.05, 0.1) is 12.1 Å². The number of rotatable bonds is 2. The molecular formula is C16H18FN3O. The van der Waals surface area contributed by atoms with Crippen LogP contribution in [0.1, 0.15) is 29.3 Å². The molecule has 1 aliphatic rings. The summed E-state index contributed by atoms with van der Waals surface area (Å²) in [5.41, 5.74) is 2.94. The lowest BCUT2D eigenvalue weighted by Crippen LogP contribution is -2.26. The second-order valence-corrected chi connectivity index (χ2v) is 5.55. The molecule has 2 heterocycles. The van der Waals surface area contributed by atoms with Crippen LogP contribution in [0.3, 0.4) is 0 Å². The molecule has 0 spiro atoms. The quantitative estimate of drug-likeness (QED) is 0.922. The zero-order chi connectivity index (χ0) is 15.0. The van der Waals surface area contributed by atoms with Crippen LogP contribution in [0.25, 0.3) is 0 Å². The fourth-order valence-corrected chi connectivity index (χ4v) is 2.69. The lowest BCUT2D eigenvalue weighted by molar-refractivity contribution is 0.194. The van der Waals surface area contributed by atoms with Crippen LogP contribution in [0.5, 0.6) is 0 Å². The van der Waals surface area contributed by atoms with Gasteiger partial charge in [-0.3, -0.25) is 0 Å². The van der Waals surface area contributed by atoms with Gasteiger partial charge in [0.15, 0.2) is 0 Å². The highest BCUT2D eigenvalue weighted by molar-refractivity contribution is 5.40. The number of benzene rings is 1. The fourth-order valence-electron chi connectivity index (χ4n) is 2.69. The number of aliphatic hydroxyl groups is 1. The molecule has 0 aliphatic carbocycles. The van der Waals surface area contributed by atoms with Gasteiger partial charge in [-0.1, -0.05) is 12.1 Å². The van der Waals surface area contributed by atoms with Crippen LogP contribution < -0.4 is 4.90 Å². The number of nitrogens with zero attached hydrogens (tertiary/aromatic N) is 3. The highest BCUT2D eigenvalue weighted by atomic mass is 19.1. The van der Waals surface area contributed by atoms with Crippen molar-refractivity contribution in [1.29, 1.82) is 0 Å². The Morgan fingerprint density at radius 2 is 1.95 bits per heavy atom. The molecule has 1 fully saturated rings. The minimum atomic E-state index is -0.426. The average molecular weight is 287 g/mol. The summed E-state index contributed by atoms with van der Waals surface area (Å²) < 4.78 is 13.1. The fraction of sp³-hybridized carbons (Fsp3) is 0.375. The van der Waals surface area contributed by atoms with Gasteiger partial charge in [-0.15, -0.1) is 0 Å².